The van der Waals surface area contributed by atoms with Crippen LogP contribution < -0.4 is 5.32 Å². The summed E-state index contributed by atoms with van der Waals surface area (Å²) < 4.78 is 13.6. The van der Waals surface area contributed by atoms with Crippen LogP contribution in [0.2, 0.25) is 10.0 Å². The van der Waals surface area contributed by atoms with Crippen molar-refractivity contribution in [3.8, 4) is 0 Å². The zero-order valence-corrected chi connectivity index (χ0v) is 14.3. The summed E-state index contributed by atoms with van der Waals surface area (Å²) >= 11 is 12.0. The fourth-order valence-electron chi connectivity index (χ4n) is 2.06. The Morgan fingerprint density at radius 2 is 1.96 bits per heavy atom. The molecule has 0 aliphatic heterocycles. The van der Waals surface area contributed by atoms with Gasteiger partial charge >= 0.3 is 0 Å². The van der Waals surface area contributed by atoms with Crippen LogP contribution in [0.25, 0.3) is 0 Å². The van der Waals surface area contributed by atoms with E-state index in [1.165, 1.54) is 12.1 Å². The van der Waals surface area contributed by atoms with Crippen molar-refractivity contribution in [2.75, 3.05) is 12.4 Å². The normalized spacial score (nSPS) is 12.3. The number of para-hydroxylation sites is 1. The largest absolute Gasteiger partial charge is 0.322 e. The van der Waals surface area contributed by atoms with Gasteiger partial charge in [-0.3, -0.25) is 9.69 Å². The van der Waals surface area contributed by atoms with E-state index in [0.717, 1.165) is 5.56 Å². The van der Waals surface area contributed by atoms with Crippen LogP contribution in [0.4, 0.5) is 10.1 Å². The Kier molecular flexibility index (Phi) is 5.99. The van der Waals surface area contributed by atoms with Gasteiger partial charge in [-0.05, 0) is 43.8 Å². The highest BCUT2D eigenvalue weighted by Gasteiger charge is 2.20. The molecule has 0 spiro atoms. The predicted octanol–water partition coefficient (Wildman–Crippen LogP) is 4.59. The number of carbonyl (C=O) groups excluding carboxylic acids is 1. The minimum Gasteiger partial charge on any atom is -0.322 e. The van der Waals surface area contributed by atoms with Gasteiger partial charge in [0.25, 0.3) is 0 Å². The van der Waals surface area contributed by atoms with Crippen LogP contribution in [0.1, 0.15) is 12.5 Å². The summed E-state index contributed by atoms with van der Waals surface area (Å²) in [6.45, 7) is 2.22. The number of carbonyl (C=O) groups is 1. The third kappa shape index (κ3) is 4.67. The molecule has 0 aromatic heterocycles. The van der Waals surface area contributed by atoms with Gasteiger partial charge < -0.3 is 5.32 Å². The predicted molar refractivity (Wildman–Crippen MR) is 92.4 cm³/mol. The second kappa shape index (κ2) is 7.77. The van der Waals surface area contributed by atoms with Crippen LogP contribution in [0, 0.1) is 5.82 Å². The Hall–Kier alpha value is -1.62. The molecule has 0 aliphatic rings. The first-order chi connectivity index (χ1) is 10.9. The molecule has 0 radical (unpaired) electrons. The fourth-order valence-corrected chi connectivity index (χ4v) is 2.52. The molecule has 0 unspecified atom stereocenters. The van der Waals surface area contributed by atoms with Crippen LogP contribution in [-0.4, -0.2) is 23.9 Å². The third-order valence-corrected chi connectivity index (χ3v) is 4.19. The van der Waals surface area contributed by atoms with E-state index >= 15 is 0 Å². The molecule has 1 N–H and O–H groups in total. The summed E-state index contributed by atoms with van der Waals surface area (Å²) in [6.07, 6.45) is 0. The standard InChI is InChI=1S/C17H17Cl2FN2O/c1-11(17(23)21-16-6-4-3-5-15(16)20)22(2)10-12-7-8-13(18)9-14(12)19/h3-9,11H,10H2,1-2H3,(H,21,23)/t11-/m0/s1. The molecular formula is C17H17Cl2FN2O. The first-order valence-corrected chi connectivity index (χ1v) is 7.83. The summed E-state index contributed by atoms with van der Waals surface area (Å²) in [5.74, 6) is -0.751. The van der Waals surface area contributed by atoms with Gasteiger partial charge in [-0.1, -0.05) is 41.4 Å². The summed E-state index contributed by atoms with van der Waals surface area (Å²) in [6, 6.07) is 10.8. The molecule has 3 nitrogen and oxygen atoms in total. The molecule has 2 aromatic carbocycles. The lowest BCUT2D eigenvalue weighted by atomic mass is 10.2. The number of hydrogen-bond acceptors (Lipinski definition) is 2. The van der Waals surface area contributed by atoms with Gasteiger partial charge in [0.05, 0.1) is 11.7 Å². The van der Waals surface area contributed by atoms with Crippen LogP contribution in [0.5, 0.6) is 0 Å². The maximum Gasteiger partial charge on any atom is 0.241 e. The molecule has 2 rings (SSSR count). The molecule has 0 saturated carbocycles. The highest BCUT2D eigenvalue weighted by molar-refractivity contribution is 6.35. The molecule has 122 valence electrons. The zero-order chi connectivity index (χ0) is 17.0. The monoisotopic (exact) mass is 354 g/mol. The van der Waals surface area contributed by atoms with Gasteiger partial charge in [0.1, 0.15) is 5.82 Å². The lowest BCUT2D eigenvalue weighted by Gasteiger charge is -2.24. The first kappa shape index (κ1) is 17.7. The second-order valence-electron chi connectivity index (χ2n) is 5.30. The van der Waals surface area contributed by atoms with Gasteiger partial charge in [-0.25, -0.2) is 4.39 Å². The van der Waals surface area contributed by atoms with E-state index in [1.54, 1.807) is 38.2 Å². The Labute approximate surface area is 145 Å². The summed E-state index contributed by atoms with van der Waals surface area (Å²) in [5.41, 5.74) is 1.03. The lowest BCUT2D eigenvalue weighted by Crippen LogP contribution is -2.39. The van der Waals surface area contributed by atoms with Gasteiger partial charge in [-0.2, -0.15) is 0 Å². The molecule has 0 fully saturated rings. The molecule has 2 aromatic rings. The Balaban J connectivity index is 2.02. The Morgan fingerprint density at radius 3 is 2.61 bits per heavy atom. The van der Waals surface area contributed by atoms with Gasteiger partial charge in [0, 0.05) is 16.6 Å². The zero-order valence-electron chi connectivity index (χ0n) is 12.8. The average molecular weight is 355 g/mol. The molecular weight excluding hydrogens is 338 g/mol. The van der Waals surface area contributed by atoms with Crippen LogP contribution in [0.3, 0.4) is 0 Å². The molecule has 1 amide bonds. The number of amides is 1. The summed E-state index contributed by atoms with van der Waals surface area (Å²) in [5, 5.41) is 3.70. The smallest absolute Gasteiger partial charge is 0.241 e. The van der Waals surface area contributed by atoms with Gasteiger partial charge in [-0.15, -0.1) is 0 Å². The SMILES string of the molecule is C[C@@H](C(=O)Nc1ccccc1F)N(C)Cc1ccc(Cl)cc1Cl. The maximum absolute atomic E-state index is 13.6. The van der Waals surface area contributed by atoms with E-state index in [4.69, 9.17) is 23.2 Å². The summed E-state index contributed by atoms with van der Waals surface area (Å²) in [4.78, 5) is 14.1. The van der Waals surface area contributed by atoms with Crippen molar-refractivity contribution < 1.29 is 9.18 Å². The van der Waals surface area contributed by atoms with E-state index in [0.29, 0.717) is 16.6 Å². The maximum atomic E-state index is 13.6. The number of likely N-dealkylation sites (N-methyl/N-ethyl adjacent to an activating group) is 1. The van der Waals surface area contributed by atoms with Crippen molar-refractivity contribution in [2.24, 2.45) is 0 Å². The molecule has 0 heterocycles. The van der Waals surface area contributed by atoms with E-state index < -0.39 is 11.9 Å². The van der Waals surface area contributed by atoms with Crippen molar-refractivity contribution in [1.82, 2.24) is 4.90 Å². The number of hydrogen-bond donors (Lipinski definition) is 1. The van der Waals surface area contributed by atoms with Crippen molar-refractivity contribution >= 4 is 34.8 Å². The topological polar surface area (TPSA) is 32.3 Å². The minimum absolute atomic E-state index is 0.169. The van der Waals surface area contributed by atoms with Crippen molar-refractivity contribution in [1.29, 1.82) is 0 Å². The quantitative estimate of drug-likeness (QED) is 0.851. The van der Waals surface area contributed by atoms with E-state index in [1.807, 2.05) is 11.0 Å². The molecule has 0 aliphatic carbocycles. The molecule has 23 heavy (non-hydrogen) atoms. The van der Waals surface area contributed by atoms with Crippen molar-refractivity contribution in [3.63, 3.8) is 0 Å². The van der Waals surface area contributed by atoms with Crippen LogP contribution in [0.15, 0.2) is 42.5 Å². The summed E-state index contributed by atoms with van der Waals surface area (Å²) in [7, 11) is 1.80. The average Bonchev–Trinajstić information content (AvgIpc) is 2.51. The number of nitrogens with zero attached hydrogens (tertiary/aromatic N) is 1. The second-order valence-corrected chi connectivity index (χ2v) is 6.14. The number of halogens is 3. The first-order valence-electron chi connectivity index (χ1n) is 7.08. The third-order valence-electron chi connectivity index (χ3n) is 3.61. The van der Waals surface area contributed by atoms with Crippen molar-refractivity contribution in [2.45, 2.75) is 19.5 Å². The Bertz CT molecular complexity index is 709. The van der Waals surface area contributed by atoms with E-state index in [-0.39, 0.29) is 11.6 Å². The van der Waals surface area contributed by atoms with Crippen molar-refractivity contribution in [3.05, 3.63) is 63.9 Å². The molecule has 0 bridgehead atoms. The number of rotatable bonds is 5. The minimum atomic E-state index is -0.462. The van der Waals surface area contributed by atoms with E-state index in [9.17, 15) is 9.18 Å². The highest BCUT2D eigenvalue weighted by atomic mass is 35.5. The number of benzene rings is 2. The Morgan fingerprint density at radius 1 is 1.26 bits per heavy atom. The lowest BCUT2D eigenvalue weighted by molar-refractivity contribution is -0.120. The number of nitrogens with one attached hydrogen (secondary N) is 1. The molecule has 1 atom stereocenters. The van der Waals surface area contributed by atoms with Gasteiger partial charge in [0.2, 0.25) is 5.91 Å². The number of anilines is 1. The molecule has 6 heteroatoms. The fraction of sp³-hybridized carbons (Fsp3) is 0.235. The van der Waals surface area contributed by atoms with E-state index in [2.05, 4.69) is 5.32 Å². The molecule has 0 saturated heterocycles. The highest BCUT2D eigenvalue weighted by Crippen LogP contribution is 2.22. The van der Waals surface area contributed by atoms with Crippen LogP contribution in [-0.2, 0) is 11.3 Å². The van der Waals surface area contributed by atoms with Gasteiger partial charge in [0.15, 0.2) is 0 Å². The van der Waals surface area contributed by atoms with Crippen LogP contribution >= 0.6 is 23.2 Å².